The van der Waals surface area contributed by atoms with Crippen molar-refractivity contribution in [3.8, 4) is 5.75 Å². The number of nitrogens with zero attached hydrogens (tertiary/aromatic N) is 1. The van der Waals surface area contributed by atoms with Crippen molar-refractivity contribution in [2.24, 2.45) is 0 Å². The number of carbonyl (C=O) groups excluding carboxylic acids is 3. The minimum absolute atomic E-state index is 0.342. The second-order valence-corrected chi connectivity index (χ2v) is 8.63. The molecule has 34 heavy (non-hydrogen) atoms. The highest BCUT2D eigenvalue weighted by Gasteiger charge is 2.49. The third-order valence-corrected chi connectivity index (χ3v) is 5.85. The van der Waals surface area contributed by atoms with Crippen molar-refractivity contribution in [1.29, 1.82) is 0 Å². The molecule has 1 saturated heterocycles. The number of hydrogen-bond acceptors (Lipinski definition) is 4. The molecule has 1 unspecified atom stereocenters. The van der Waals surface area contributed by atoms with Crippen LogP contribution in [-0.4, -0.2) is 29.3 Å². The van der Waals surface area contributed by atoms with Crippen molar-refractivity contribution in [3.05, 3.63) is 95.1 Å². The molecular formula is C27H27N3O4. The van der Waals surface area contributed by atoms with Crippen molar-refractivity contribution in [1.82, 2.24) is 10.2 Å². The number of carbonyl (C=O) groups is 3. The Morgan fingerprint density at radius 3 is 2.35 bits per heavy atom. The molecular weight excluding hydrogens is 430 g/mol. The average molecular weight is 458 g/mol. The number of nitrogens with one attached hydrogen (secondary N) is 2. The first-order valence-electron chi connectivity index (χ1n) is 11.0. The van der Waals surface area contributed by atoms with E-state index in [2.05, 4.69) is 10.6 Å². The maximum atomic E-state index is 13.1. The molecule has 1 fully saturated rings. The number of ether oxygens (including phenoxy) is 1. The lowest BCUT2D eigenvalue weighted by Gasteiger charge is -2.22. The van der Waals surface area contributed by atoms with E-state index in [1.54, 1.807) is 25.1 Å². The zero-order chi connectivity index (χ0) is 24.3. The van der Waals surface area contributed by atoms with Gasteiger partial charge in [-0.3, -0.25) is 14.5 Å². The highest BCUT2D eigenvalue weighted by molar-refractivity contribution is 6.10. The number of benzene rings is 3. The van der Waals surface area contributed by atoms with Crippen molar-refractivity contribution in [2.75, 3.05) is 11.9 Å². The summed E-state index contributed by atoms with van der Waals surface area (Å²) < 4.78 is 5.94. The number of amides is 4. The van der Waals surface area contributed by atoms with E-state index >= 15 is 0 Å². The van der Waals surface area contributed by atoms with Gasteiger partial charge in [0.2, 0.25) is 5.91 Å². The van der Waals surface area contributed by atoms with Crippen molar-refractivity contribution < 1.29 is 19.1 Å². The first kappa shape index (κ1) is 23.0. The summed E-state index contributed by atoms with van der Waals surface area (Å²) in [5.41, 5.74) is 2.93. The second kappa shape index (κ2) is 9.39. The Hall–Kier alpha value is -4.13. The van der Waals surface area contributed by atoms with Crippen LogP contribution in [0.2, 0.25) is 0 Å². The fourth-order valence-corrected chi connectivity index (χ4v) is 3.84. The summed E-state index contributed by atoms with van der Waals surface area (Å²) in [5.74, 6) is -0.454. The predicted molar refractivity (Wildman–Crippen MR) is 129 cm³/mol. The number of urea groups is 1. The number of anilines is 1. The van der Waals surface area contributed by atoms with Gasteiger partial charge in [-0.1, -0.05) is 66.2 Å². The monoisotopic (exact) mass is 457 g/mol. The molecule has 0 aromatic heterocycles. The lowest BCUT2D eigenvalue weighted by atomic mass is 9.91. The molecule has 7 heteroatoms. The molecule has 1 aliphatic heterocycles. The zero-order valence-electron chi connectivity index (χ0n) is 19.4. The molecule has 7 nitrogen and oxygen atoms in total. The smallest absolute Gasteiger partial charge is 0.325 e. The van der Waals surface area contributed by atoms with Gasteiger partial charge in [-0.25, -0.2) is 4.79 Å². The fourth-order valence-electron chi connectivity index (χ4n) is 3.84. The predicted octanol–water partition coefficient (Wildman–Crippen LogP) is 4.29. The molecule has 4 amide bonds. The maximum Gasteiger partial charge on any atom is 0.325 e. The highest BCUT2D eigenvalue weighted by Crippen LogP contribution is 2.30. The van der Waals surface area contributed by atoms with Crippen LogP contribution in [0.1, 0.15) is 29.2 Å². The summed E-state index contributed by atoms with van der Waals surface area (Å²) in [5, 5.41) is 5.50. The van der Waals surface area contributed by atoms with Crippen LogP contribution >= 0.6 is 0 Å². The third kappa shape index (κ3) is 4.78. The van der Waals surface area contributed by atoms with Gasteiger partial charge in [0, 0.05) is 0 Å². The molecule has 0 aliphatic carbocycles. The Morgan fingerprint density at radius 2 is 1.65 bits per heavy atom. The Balaban J connectivity index is 1.46. The summed E-state index contributed by atoms with van der Waals surface area (Å²) >= 11 is 0. The molecule has 3 aromatic rings. The van der Waals surface area contributed by atoms with Crippen LogP contribution in [0.4, 0.5) is 10.5 Å². The molecule has 2 N–H and O–H groups in total. The molecule has 1 heterocycles. The van der Waals surface area contributed by atoms with E-state index in [-0.39, 0.29) is 0 Å². The van der Waals surface area contributed by atoms with Crippen LogP contribution in [0.3, 0.4) is 0 Å². The second-order valence-electron chi connectivity index (χ2n) is 8.63. The van der Waals surface area contributed by atoms with Crippen molar-refractivity contribution >= 4 is 23.5 Å². The molecule has 0 radical (unpaired) electrons. The fraction of sp³-hybridized carbons (Fsp3) is 0.222. The van der Waals surface area contributed by atoms with Crippen LogP contribution in [0.15, 0.2) is 72.8 Å². The normalized spacial score (nSPS) is 17.4. The SMILES string of the molecule is Cc1ccc(C2(C)NC(=O)N(CC(=O)Nc3ccc(C)cc3OCc3ccccc3)C2=O)cc1. The first-order chi connectivity index (χ1) is 16.3. The summed E-state index contributed by atoms with van der Waals surface area (Å²) in [7, 11) is 0. The Labute approximate surface area is 198 Å². The third-order valence-electron chi connectivity index (χ3n) is 5.85. The van der Waals surface area contributed by atoms with Gasteiger partial charge >= 0.3 is 6.03 Å². The quantitative estimate of drug-likeness (QED) is 0.518. The lowest BCUT2D eigenvalue weighted by Crippen LogP contribution is -2.42. The van der Waals surface area contributed by atoms with Gasteiger partial charge in [-0.15, -0.1) is 0 Å². The van der Waals surface area contributed by atoms with Crippen LogP contribution in [0, 0.1) is 13.8 Å². The largest absolute Gasteiger partial charge is 0.487 e. The van der Waals surface area contributed by atoms with Gasteiger partial charge in [0.15, 0.2) is 0 Å². The molecule has 0 spiro atoms. The Kier molecular flexibility index (Phi) is 6.36. The van der Waals surface area contributed by atoms with Gasteiger partial charge < -0.3 is 15.4 Å². The molecule has 0 saturated carbocycles. The minimum Gasteiger partial charge on any atom is -0.487 e. The van der Waals surface area contributed by atoms with E-state index in [0.29, 0.717) is 23.6 Å². The van der Waals surface area contributed by atoms with Crippen LogP contribution < -0.4 is 15.4 Å². The van der Waals surface area contributed by atoms with E-state index in [1.165, 1.54) is 0 Å². The summed E-state index contributed by atoms with van der Waals surface area (Å²) in [6.07, 6.45) is 0. The van der Waals surface area contributed by atoms with Gasteiger partial charge in [0.05, 0.1) is 5.69 Å². The standard InChI is InChI=1S/C27H27N3O4/c1-18-9-12-21(13-10-18)27(3)25(32)30(26(33)29-27)16-24(31)28-22-14-11-19(2)15-23(22)34-17-20-7-5-4-6-8-20/h4-15H,16-17H2,1-3H3,(H,28,31)(H,29,33). The molecule has 4 rings (SSSR count). The maximum absolute atomic E-state index is 13.1. The first-order valence-corrected chi connectivity index (χ1v) is 11.0. The minimum atomic E-state index is -1.22. The van der Waals surface area contributed by atoms with Gasteiger partial charge in [-0.2, -0.15) is 0 Å². The summed E-state index contributed by atoms with van der Waals surface area (Å²) in [4.78, 5) is 39.5. The highest BCUT2D eigenvalue weighted by atomic mass is 16.5. The van der Waals surface area contributed by atoms with Crippen molar-refractivity contribution in [2.45, 2.75) is 32.9 Å². The Bertz CT molecular complexity index is 1220. The van der Waals surface area contributed by atoms with Gasteiger partial charge in [0.25, 0.3) is 5.91 Å². The van der Waals surface area contributed by atoms with Crippen LogP contribution in [0.5, 0.6) is 5.75 Å². The van der Waals surface area contributed by atoms with Gasteiger partial charge in [-0.05, 0) is 49.6 Å². The molecule has 174 valence electrons. The molecule has 0 bridgehead atoms. The van der Waals surface area contributed by atoms with Gasteiger partial charge in [0.1, 0.15) is 24.4 Å². The average Bonchev–Trinajstić information content (AvgIpc) is 3.04. The number of imide groups is 1. The summed E-state index contributed by atoms with van der Waals surface area (Å²) in [6, 6.07) is 21.9. The molecule has 1 aliphatic rings. The van der Waals surface area contributed by atoms with E-state index in [1.807, 2.05) is 68.4 Å². The summed E-state index contributed by atoms with van der Waals surface area (Å²) in [6.45, 7) is 5.46. The number of rotatable bonds is 7. The van der Waals surface area contributed by atoms with Crippen LogP contribution in [0.25, 0.3) is 0 Å². The molecule has 1 atom stereocenters. The number of aryl methyl sites for hydroxylation is 2. The van der Waals surface area contributed by atoms with E-state index < -0.39 is 29.9 Å². The number of hydrogen-bond donors (Lipinski definition) is 2. The lowest BCUT2D eigenvalue weighted by molar-refractivity contribution is -0.133. The van der Waals surface area contributed by atoms with Crippen molar-refractivity contribution in [3.63, 3.8) is 0 Å². The zero-order valence-corrected chi connectivity index (χ0v) is 19.4. The van der Waals surface area contributed by atoms with E-state index in [4.69, 9.17) is 4.74 Å². The molecule has 3 aromatic carbocycles. The Morgan fingerprint density at radius 1 is 0.971 bits per heavy atom. The van der Waals surface area contributed by atoms with E-state index in [9.17, 15) is 14.4 Å². The topological polar surface area (TPSA) is 87.7 Å². The van der Waals surface area contributed by atoms with E-state index in [0.717, 1.165) is 21.6 Å². The van der Waals surface area contributed by atoms with Crippen LogP contribution in [-0.2, 0) is 21.7 Å².